The number of rotatable bonds is 4. The smallest absolute Gasteiger partial charge is 0.319 e. The third-order valence-corrected chi connectivity index (χ3v) is 3.85. The summed E-state index contributed by atoms with van der Waals surface area (Å²) < 4.78 is 14.1. The first-order valence-electron chi connectivity index (χ1n) is 5.67. The van der Waals surface area contributed by atoms with Crippen molar-refractivity contribution < 1.29 is 9.18 Å². The molecule has 0 aliphatic rings. The molecule has 1 heterocycles. The predicted octanol–water partition coefficient (Wildman–Crippen LogP) is 4.01. The molecule has 0 bridgehead atoms. The van der Waals surface area contributed by atoms with Crippen molar-refractivity contribution in [2.45, 2.75) is 6.42 Å². The first kappa shape index (κ1) is 14.0. The lowest BCUT2D eigenvalue weighted by Crippen LogP contribution is -2.30. The van der Waals surface area contributed by atoms with Crippen LogP contribution in [-0.4, -0.2) is 12.6 Å². The second-order valence-electron chi connectivity index (χ2n) is 3.83. The van der Waals surface area contributed by atoms with Crippen molar-refractivity contribution in [3.63, 3.8) is 0 Å². The van der Waals surface area contributed by atoms with Gasteiger partial charge in [0.1, 0.15) is 5.82 Å². The Morgan fingerprint density at radius 1 is 1.37 bits per heavy atom. The van der Waals surface area contributed by atoms with Gasteiger partial charge in [0.15, 0.2) is 0 Å². The van der Waals surface area contributed by atoms with E-state index >= 15 is 0 Å². The summed E-state index contributed by atoms with van der Waals surface area (Å²) in [7, 11) is 0. The lowest BCUT2D eigenvalue weighted by Gasteiger charge is -2.08. The lowest BCUT2D eigenvalue weighted by molar-refractivity contribution is 0.252. The number of hydrogen-bond acceptors (Lipinski definition) is 2. The van der Waals surface area contributed by atoms with E-state index in [4.69, 9.17) is 0 Å². The molecule has 0 unspecified atom stereocenters. The minimum Gasteiger partial charge on any atom is -0.338 e. The normalized spacial score (nSPS) is 10.2. The van der Waals surface area contributed by atoms with Crippen LogP contribution in [0.4, 0.5) is 14.9 Å². The van der Waals surface area contributed by atoms with Crippen LogP contribution in [0, 0.1) is 5.82 Å². The molecule has 0 atom stereocenters. The standard InChI is InChI=1S/C13H12BrFN2OS/c14-9-3-4-12(11(15)8-9)17-13(18)16-6-5-10-2-1-7-19-10/h1-4,7-8H,5-6H2,(H2,16,17,18). The first-order valence-corrected chi connectivity index (χ1v) is 7.35. The van der Waals surface area contributed by atoms with E-state index in [9.17, 15) is 9.18 Å². The molecule has 0 radical (unpaired) electrons. The summed E-state index contributed by atoms with van der Waals surface area (Å²) >= 11 is 4.81. The SMILES string of the molecule is O=C(NCCc1cccs1)Nc1ccc(Br)cc1F. The number of amides is 2. The summed E-state index contributed by atoms with van der Waals surface area (Å²) in [6, 6.07) is 8.07. The molecule has 0 spiro atoms. The quantitative estimate of drug-likeness (QED) is 0.865. The van der Waals surface area contributed by atoms with Gasteiger partial charge in [0.2, 0.25) is 0 Å². The molecule has 2 aromatic rings. The van der Waals surface area contributed by atoms with Gasteiger partial charge in [-0.3, -0.25) is 0 Å². The number of carbonyl (C=O) groups excluding carboxylic acids is 1. The summed E-state index contributed by atoms with van der Waals surface area (Å²) in [5, 5.41) is 7.16. The van der Waals surface area contributed by atoms with Crippen molar-refractivity contribution in [2.75, 3.05) is 11.9 Å². The van der Waals surface area contributed by atoms with E-state index in [0.717, 1.165) is 6.42 Å². The molecule has 2 N–H and O–H groups in total. The zero-order chi connectivity index (χ0) is 13.7. The summed E-state index contributed by atoms with van der Waals surface area (Å²) in [6.07, 6.45) is 0.772. The van der Waals surface area contributed by atoms with Gasteiger partial charge in [0.05, 0.1) is 5.69 Å². The Hall–Kier alpha value is -1.40. The molecule has 0 fully saturated rings. The van der Waals surface area contributed by atoms with Crippen LogP contribution in [0.5, 0.6) is 0 Å². The van der Waals surface area contributed by atoms with Crippen molar-refractivity contribution in [3.8, 4) is 0 Å². The number of thiophene rings is 1. The van der Waals surface area contributed by atoms with Gasteiger partial charge in [0.25, 0.3) is 0 Å². The molecule has 6 heteroatoms. The Balaban J connectivity index is 1.80. The van der Waals surface area contributed by atoms with Gasteiger partial charge < -0.3 is 10.6 Å². The Bertz CT molecular complexity index is 560. The van der Waals surface area contributed by atoms with Crippen molar-refractivity contribution >= 4 is 39.0 Å². The second-order valence-corrected chi connectivity index (χ2v) is 5.78. The Morgan fingerprint density at radius 2 is 2.21 bits per heavy atom. The van der Waals surface area contributed by atoms with Crippen molar-refractivity contribution in [1.29, 1.82) is 0 Å². The highest BCUT2D eigenvalue weighted by Crippen LogP contribution is 2.19. The van der Waals surface area contributed by atoms with Gasteiger partial charge in [0, 0.05) is 15.9 Å². The van der Waals surface area contributed by atoms with Crippen LogP contribution in [-0.2, 0) is 6.42 Å². The lowest BCUT2D eigenvalue weighted by atomic mass is 10.3. The number of nitrogens with one attached hydrogen (secondary N) is 2. The minimum atomic E-state index is -0.470. The van der Waals surface area contributed by atoms with Gasteiger partial charge in [-0.05, 0) is 36.1 Å². The highest BCUT2D eigenvalue weighted by Gasteiger charge is 2.06. The number of hydrogen-bond donors (Lipinski definition) is 2. The molecule has 1 aromatic carbocycles. The monoisotopic (exact) mass is 342 g/mol. The van der Waals surface area contributed by atoms with Crippen LogP contribution < -0.4 is 10.6 Å². The summed E-state index contributed by atoms with van der Waals surface area (Å²) in [4.78, 5) is 12.8. The fraction of sp³-hybridized carbons (Fsp3) is 0.154. The van der Waals surface area contributed by atoms with Gasteiger partial charge in [-0.2, -0.15) is 0 Å². The molecule has 19 heavy (non-hydrogen) atoms. The van der Waals surface area contributed by atoms with E-state index in [1.54, 1.807) is 17.4 Å². The topological polar surface area (TPSA) is 41.1 Å². The largest absolute Gasteiger partial charge is 0.338 e. The molecular weight excluding hydrogens is 331 g/mol. The molecule has 3 nitrogen and oxygen atoms in total. The Morgan fingerprint density at radius 3 is 2.89 bits per heavy atom. The predicted molar refractivity (Wildman–Crippen MR) is 79.1 cm³/mol. The summed E-state index contributed by atoms with van der Waals surface area (Å²) in [6.45, 7) is 0.518. The van der Waals surface area contributed by atoms with E-state index in [1.165, 1.54) is 17.0 Å². The molecule has 100 valence electrons. The number of urea groups is 1. The Labute approximate surface area is 123 Å². The molecule has 0 saturated carbocycles. The van der Waals surface area contributed by atoms with Crippen LogP contribution in [0.3, 0.4) is 0 Å². The van der Waals surface area contributed by atoms with E-state index in [1.807, 2.05) is 17.5 Å². The molecule has 0 aliphatic heterocycles. The molecular formula is C13H12BrFN2OS. The number of halogens is 2. The average molecular weight is 343 g/mol. The number of carbonyl (C=O) groups is 1. The third-order valence-electron chi connectivity index (χ3n) is 2.42. The highest BCUT2D eigenvalue weighted by atomic mass is 79.9. The van der Waals surface area contributed by atoms with Gasteiger partial charge in [-0.15, -0.1) is 11.3 Å². The van der Waals surface area contributed by atoms with E-state index in [-0.39, 0.29) is 5.69 Å². The van der Waals surface area contributed by atoms with E-state index in [0.29, 0.717) is 11.0 Å². The fourth-order valence-corrected chi connectivity index (χ4v) is 2.55. The van der Waals surface area contributed by atoms with Gasteiger partial charge in [-0.25, -0.2) is 9.18 Å². The second kappa shape index (κ2) is 6.68. The maximum Gasteiger partial charge on any atom is 0.319 e. The van der Waals surface area contributed by atoms with Crippen LogP contribution in [0.1, 0.15) is 4.88 Å². The zero-order valence-corrected chi connectivity index (χ0v) is 12.4. The molecule has 1 aromatic heterocycles. The third kappa shape index (κ3) is 4.33. The van der Waals surface area contributed by atoms with Crippen LogP contribution in [0.2, 0.25) is 0 Å². The van der Waals surface area contributed by atoms with Gasteiger partial charge >= 0.3 is 6.03 Å². The Kier molecular flexibility index (Phi) is 4.93. The maximum absolute atomic E-state index is 13.5. The molecule has 2 amide bonds. The fourth-order valence-electron chi connectivity index (χ4n) is 1.51. The molecule has 2 rings (SSSR count). The minimum absolute atomic E-state index is 0.164. The van der Waals surface area contributed by atoms with Crippen LogP contribution >= 0.6 is 27.3 Å². The van der Waals surface area contributed by atoms with E-state index < -0.39 is 11.8 Å². The number of benzene rings is 1. The van der Waals surface area contributed by atoms with E-state index in [2.05, 4.69) is 26.6 Å². The van der Waals surface area contributed by atoms with Crippen molar-refractivity contribution in [2.24, 2.45) is 0 Å². The summed E-state index contributed by atoms with van der Waals surface area (Å²) in [5.41, 5.74) is 0.164. The first-order chi connectivity index (χ1) is 9.15. The van der Waals surface area contributed by atoms with Crippen LogP contribution in [0.25, 0.3) is 0 Å². The van der Waals surface area contributed by atoms with Crippen molar-refractivity contribution in [1.82, 2.24) is 5.32 Å². The highest BCUT2D eigenvalue weighted by molar-refractivity contribution is 9.10. The molecule has 0 aliphatic carbocycles. The van der Waals surface area contributed by atoms with Crippen LogP contribution in [0.15, 0.2) is 40.2 Å². The maximum atomic E-state index is 13.5. The zero-order valence-electron chi connectivity index (χ0n) is 9.95. The number of anilines is 1. The van der Waals surface area contributed by atoms with Gasteiger partial charge in [-0.1, -0.05) is 22.0 Å². The van der Waals surface area contributed by atoms with Crippen molar-refractivity contribution in [3.05, 3.63) is 50.9 Å². The molecule has 0 saturated heterocycles. The summed E-state index contributed by atoms with van der Waals surface area (Å²) in [5.74, 6) is -0.470. The average Bonchev–Trinajstić information content (AvgIpc) is 2.86.